The van der Waals surface area contributed by atoms with E-state index < -0.39 is 0 Å². The molecule has 0 aliphatic carbocycles. The predicted molar refractivity (Wildman–Crippen MR) is 86.0 cm³/mol. The topological polar surface area (TPSA) is 64.2 Å². The molecule has 112 valence electrons. The number of fused-ring (bicyclic) bond motifs is 1. The lowest BCUT2D eigenvalue weighted by molar-refractivity contribution is 0.354. The Kier molecular flexibility index (Phi) is 4.02. The van der Waals surface area contributed by atoms with Gasteiger partial charge in [0.2, 0.25) is 0 Å². The van der Waals surface area contributed by atoms with Gasteiger partial charge in [0.1, 0.15) is 0 Å². The molecule has 0 unspecified atom stereocenters. The molecule has 0 atom stereocenters. The van der Waals surface area contributed by atoms with E-state index in [0.29, 0.717) is 27.6 Å². The molecule has 5 nitrogen and oxygen atoms in total. The molecule has 0 bridgehead atoms. The maximum absolute atomic E-state index is 12.1. The van der Waals surface area contributed by atoms with E-state index in [0.717, 1.165) is 4.90 Å². The van der Waals surface area contributed by atoms with Crippen LogP contribution in [-0.2, 0) is 0 Å². The van der Waals surface area contributed by atoms with Crippen molar-refractivity contribution >= 4 is 22.7 Å². The van der Waals surface area contributed by atoms with Crippen LogP contribution in [0, 0.1) is 0 Å². The first kappa shape index (κ1) is 14.5. The molecule has 0 fully saturated rings. The minimum Gasteiger partial charge on any atom is -0.493 e. The van der Waals surface area contributed by atoms with Gasteiger partial charge in [0.05, 0.1) is 25.1 Å². The van der Waals surface area contributed by atoms with E-state index in [9.17, 15) is 4.79 Å². The number of H-pyrrole nitrogens is 1. The highest BCUT2D eigenvalue weighted by atomic mass is 32.2. The molecular formula is C16H14N2O3S. The summed E-state index contributed by atoms with van der Waals surface area (Å²) in [5.74, 6) is 1.29. The summed E-state index contributed by atoms with van der Waals surface area (Å²) in [5.41, 5.74) is 0.530. The van der Waals surface area contributed by atoms with Crippen LogP contribution >= 0.6 is 11.8 Å². The number of hydrogen-bond donors (Lipinski definition) is 1. The van der Waals surface area contributed by atoms with Gasteiger partial charge >= 0.3 is 0 Å². The van der Waals surface area contributed by atoms with Gasteiger partial charge in [-0.25, -0.2) is 4.98 Å². The number of nitrogens with zero attached hydrogens (tertiary/aromatic N) is 1. The van der Waals surface area contributed by atoms with Crippen LogP contribution in [0.3, 0.4) is 0 Å². The first-order chi connectivity index (χ1) is 10.7. The highest BCUT2D eigenvalue weighted by Crippen LogP contribution is 2.33. The van der Waals surface area contributed by atoms with Crippen LogP contribution in [0.4, 0.5) is 0 Å². The average Bonchev–Trinajstić information content (AvgIpc) is 2.55. The summed E-state index contributed by atoms with van der Waals surface area (Å²) < 4.78 is 10.5. The molecule has 6 heteroatoms. The zero-order chi connectivity index (χ0) is 15.5. The van der Waals surface area contributed by atoms with Crippen molar-refractivity contribution in [2.75, 3.05) is 14.2 Å². The number of hydrogen-bond acceptors (Lipinski definition) is 5. The molecule has 3 aromatic rings. The number of aromatic amines is 1. The molecular weight excluding hydrogens is 300 g/mol. The maximum atomic E-state index is 12.1. The average molecular weight is 314 g/mol. The fraction of sp³-hybridized carbons (Fsp3) is 0.125. The lowest BCUT2D eigenvalue weighted by Crippen LogP contribution is -2.08. The zero-order valence-corrected chi connectivity index (χ0v) is 12.9. The van der Waals surface area contributed by atoms with E-state index >= 15 is 0 Å². The van der Waals surface area contributed by atoms with Gasteiger partial charge in [0, 0.05) is 4.90 Å². The largest absolute Gasteiger partial charge is 0.493 e. The molecule has 0 aliphatic rings. The van der Waals surface area contributed by atoms with Crippen LogP contribution in [-0.4, -0.2) is 24.2 Å². The van der Waals surface area contributed by atoms with Gasteiger partial charge < -0.3 is 14.5 Å². The van der Waals surface area contributed by atoms with Crippen LogP contribution in [0.25, 0.3) is 10.9 Å². The Bertz CT molecular complexity index is 877. The molecule has 1 N–H and O–H groups in total. The number of rotatable bonds is 4. The van der Waals surface area contributed by atoms with Gasteiger partial charge in [-0.3, -0.25) is 4.79 Å². The van der Waals surface area contributed by atoms with Crippen molar-refractivity contribution in [3.63, 3.8) is 0 Å². The van der Waals surface area contributed by atoms with Gasteiger partial charge in [-0.1, -0.05) is 23.9 Å². The van der Waals surface area contributed by atoms with Gasteiger partial charge in [-0.15, -0.1) is 0 Å². The minimum atomic E-state index is -0.145. The normalized spacial score (nSPS) is 10.6. The smallest absolute Gasteiger partial charge is 0.259 e. The first-order valence-corrected chi connectivity index (χ1v) is 7.42. The van der Waals surface area contributed by atoms with E-state index in [1.54, 1.807) is 20.3 Å². The summed E-state index contributed by atoms with van der Waals surface area (Å²) in [5, 5.41) is 1.12. The van der Waals surface area contributed by atoms with E-state index in [1.807, 2.05) is 36.4 Å². The number of aromatic nitrogens is 2. The van der Waals surface area contributed by atoms with Crippen molar-refractivity contribution in [2.45, 2.75) is 10.1 Å². The van der Waals surface area contributed by atoms with Gasteiger partial charge in [0.25, 0.3) is 5.56 Å². The number of para-hydroxylation sites is 1. The second kappa shape index (κ2) is 6.11. The van der Waals surface area contributed by atoms with Crippen molar-refractivity contribution in [3.8, 4) is 11.5 Å². The van der Waals surface area contributed by atoms with E-state index in [4.69, 9.17) is 9.47 Å². The standard InChI is InChI=1S/C16H14N2O3S/c1-20-13-8-7-10(9-14(13)21-2)22-16-17-12-6-4-3-5-11(12)15(19)18-16/h3-9H,1-2H3,(H,17,18,19). The molecule has 0 aliphatic heterocycles. The third-order valence-corrected chi connectivity index (χ3v) is 4.04. The SMILES string of the molecule is COc1ccc(Sc2nc3ccccc3c(=O)[nH]2)cc1OC. The number of ether oxygens (including phenoxy) is 2. The molecule has 0 spiro atoms. The molecule has 22 heavy (non-hydrogen) atoms. The Morgan fingerprint density at radius 2 is 1.82 bits per heavy atom. The molecule has 1 aromatic heterocycles. The van der Waals surface area contributed by atoms with Crippen LogP contribution in [0.15, 0.2) is 57.3 Å². The predicted octanol–water partition coefficient (Wildman–Crippen LogP) is 3.09. The van der Waals surface area contributed by atoms with Crippen LogP contribution < -0.4 is 15.0 Å². The van der Waals surface area contributed by atoms with E-state index in [1.165, 1.54) is 11.8 Å². The number of benzene rings is 2. The fourth-order valence-corrected chi connectivity index (χ4v) is 2.92. The Morgan fingerprint density at radius 3 is 2.59 bits per heavy atom. The van der Waals surface area contributed by atoms with Crippen molar-refractivity contribution in [1.82, 2.24) is 9.97 Å². The third-order valence-electron chi connectivity index (χ3n) is 3.16. The minimum absolute atomic E-state index is 0.145. The van der Waals surface area contributed by atoms with Crippen molar-refractivity contribution in [3.05, 3.63) is 52.8 Å². The summed E-state index contributed by atoms with van der Waals surface area (Å²) in [6.45, 7) is 0. The van der Waals surface area contributed by atoms with Crippen LogP contribution in [0.2, 0.25) is 0 Å². The highest BCUT2D eigenvalue weighted by molar-refractivity contribution is 7.99. The van der Waals surface area contributed by atoms with Crippen molar-refractivity contribution in [1.29, 1.82) is 0 Å². The lowest BCUT2D eigenvalue weighted by Gasteiger charge is -2.09. The third kappa shape index (κ3) is 2.78. The Morgan fingerprint density at radius 1 is 1.05 bits per heavy atom. The Balaban J connectivity index is 1.98. The number of nitrogens with one attached hydrogen (secondary N) is 1. The first-order valence-electron chi connectivity index (χ1n) is 6.60. The molecule has 0 amide bonds. The Labute approximate surface area is 131 Å². The summed E-state index contributed by atoms with van der Waals surface area (Å²) in [6.07, 6.45) is 0. The molecule has 1 heterocycles. The van der Waals surface area contributed by atoms with Crippen molar-refractivity contribution < 1.29 is 9.47 Å². The quantitative estimate of drug-likeness (QED) is 0.750. The zero-order valence-electron chi connectivity index (χ0n) is 12.1. The summed E-state index contributed by atoms with van der Waals surface area (Å²) >= 11 is 1.36. The van der Waals surface area contributed by atoms with Crippen LogP contribution in [0.1, 0.15) is 0 Å². The molecule has 3 rings (SSSR count). The molecule has 0 saturated carbocycles. The van der Waals surface area contributed by atoms with Gasteiger partial charge in [-0.05, 0) is 30.3 Å². The molecule has 2 aromatic carbocycles. The lowest BCUT2D eigenvalue weighted by atomic mass is 10.2. The van der Waals surface area contributed by atoms with Gasteiger partial charge in [0.15, 0.2) is 16.7 Å². The number of methoxy groups -OCH3 is 2. The van der Waals surface area contributed by atoms with E-state index in [-0.39, 0.29) is 5.56 Å². The molecule has 0 saturated heterocycles. The Hall–Kier alpha value is -2.47. The second-order valence-corrected chi connectivity index (χ2v) is 5.57. The monoisotopic (exact) mass is 314 g/mol. The summed E-state index contributed by atoms with van der Waals surface area (Å²) in [4.78, 5) is 20.2. The maximum Gasteiger partial charge on any atom is 0.259 e. The van der Waals surface area contributed by atoms with Crippen LogP contribution in [0.5, 0.6) is 11.5 Å². The fourth-order valence-electron chi connectivity index (χ4n) is 2.10. The summed E-state index contributed by atoms with van der Waals surface area (Å²) in [7, 11) is 3.18. The highest BCUT2D eigenvalue weighted by Gasteiger charge is 2.08. The van der Waals surface area contributed by atoms with Crippen molar-refractivity contribution in [2.24, 2.45) is 0 Å². The summed E-state index contributed by atoms with van der Waals surface area (Å²) in [6, 6.07) is 12.8. The molecule has 0 radical (unpaired) electrons. The van der Waals surface area contributed by atoms with Gasteiger partial charge in [-0.2, -0.15) is 0 Å². The van der Waals surface area contributed by atoms with E-state index in [2.05, 4.69) is 9.97 Å². The second-order valence-electron chi connectivity index (χ2n) is 4.51.